The Kier molecular flexibility index (Phi) is 9.71. The van der Waals surface area contributed by atoms with Crippen LogP contribution in [0.2, 0.25) is 0 Å². The van der Waals surface area contributed by atoms with Gasteiger partial charge in [0.2, 0.25) is 0 Å². The molecule has 0 N–H and O–H groups in total. The number of nitrogens with zero attached hydrogens (tertiary/aromatic N) is 2. The van der Waals surface area contributed by atoms with Gasteiger partial charge in [0, 0.05) is 46.4 Å². The number of hydrogen-bond acceptors (Lipinski definition) is 1. The summed E-state index contributed by atoms with van der Waals surface area (Å²) in [6.45, 7) is 0. The van der Waals surface area contributed by atoms with Crippen molar-refractivity contribution in [3.63, 3.8) is 0 Å². The molecule has 13 aromatic rings. The van der Waals surface area contributed by atoms with Gasteiger partial charge in [-0.25, -0.2) is 0 Å². The smallest absolute Gasteiger partial charge is 0.0726 e. The first kappa shape index (κ1) is 43.6. The maximum absolute atomic E-state index is 2.55. The Bertz CT molecular complexity index is 4480. The average Bonchev–Trinajstić information content (AvgIpc) is 4.31. The van der Waals surface area contributed by atoms with Gasteiger partial charge in [0.15, 0.2) is 0 Å². The quantitative estimate of drug-likeness (QED) is 0.167. The van der Waals surface area contributed by atoms with E-state index in [1.807, 2.05) is 0 Å². The fourth-order valence-electron chi connectivity index (χ4n) is 13.8. The molecule has 0 saturated carbocycles. The van der Waals surface area contributed by atoms with Gasteiger partial charge in [-0.1, -0.05) is 224 Å². The highest BCUT2D eigenvalue weighted by atomic mass is 15.1. The second-order valence-electron chi connectivity index (χ2n) is 21.1. The first-order valence-electron chi connectivity index (χ1n) is 27.0. The molecule has 1 aliphatic heterocycles. The van der Waals surface area contributed by atoms with Crippen molar-refractivity contribution in [1.29, 1.82) is 0 Å². The molecule has 16 rings (SSSR count). The molecule has 2 heteroatoms. The van der Waals surface area contributed by atoms with Crippen LogP contribution >= 0.6 is 0 Å². The van der Waals surface area contributed by atoms with Crippen LogP contribution in [0.25, 0.3) is 83.1 Å². The Labute approximate surface area is 449 Å². The summed E-state index contributed by atoms with van der Waals surface area (Å²) in [5.41, 5.74) is 29.5. The van der Waals surface area contributed by atoms with Crippen LogP contribution in [0.5, 0.6) is 0 Å². The summed E-state index contributed by atoms with van der Waals surface area (Å²) in [5, 5.41) is 2.57. The topological polar surface area (TPSA) is 8.17 Å². The van der Waals surface area contributed by atoms with Crippen molar-refractivity contribution in [2.24, 2.45) is 0 Å². The molecular weight excluding hydrogens is 929 g/mol. The number of anilines is 3. The zero-order valence-electron chi connectivity index (χ0n) is 42.4. The van der Waals surface area contributed by atoms with Crippen molar-refractivity contribution in [3.8, 4) is 61.3 Å². The third-order valence-corrected chi connectivity index (χ3v) is 17.1. The van der Waals surface area contributed by atoms with Crippen molar-refractivity contribution in [2.45, 2.75) is 18.3 Å². The number of hydrogen-bond donors (Lipinski definition) is 0. The third kappa shape index (κ3) is 6.55. The van der Waals surface area contributed by atoms with E-state index in [1.165, 1.54) is 128 Å². The highest BCUT2D eigenvalue weighted by molar-refractivity contribution is 6.10. The molecule has 2 aliphatic carbocycles. The molecule has 0 unspecified atom stereocenters. The lowest BCUT2D eigenvalue weighted by atomic mass is 9.70. The summed E-state index contributed by atoms with van der Waals surface area (Å²) >= 11 is 0. The first-order valence-corrected chi connectivity index (χ1v) is 27.0. The van der Waals surface area contributed by atoms with Crippen LogP contribution in [0.15, 0.2) is 279 Å². The molecule has 2 nitrogen and oxygen atoms in total. The molecule has 0 atom stereocenters. The molecule has 2 heterocycles. The maximum Gasteiger partial charge on any atom is 0.0726 e. The van der Waals surface area contributed by atoms with E-state index in [0.29, 0.717) is 0 Å². The van der Waals surface area contributed by atoms with Gasteiger partial charge < -0.3 is 9.47 Å². The Hall–Kier alpha value is -9.76. The summed E-state index contributed by atoms with van der Waals surface area (Å²) in [6, 6.07) is 105. The normalized spacial score (nSPS) is 13.2. The monoisotopic (exact) mass is 978 g/mol. The zero-order valence-corrected chi connectivity index (χ0v) is 42.4. The largest absolute Gasteiger partial charge is 0.310 e. The highest BCUT2D eigenvalue weighted by Gasteiger charge is 2.52. The van der Waals surface area contributed by atoms with Crippen molar-refractivity contribution >= 4 is 38.9 Å². The lowest BCUT2D eigenvalue weighted by Gasteiger charge is -2.32. The Morgan fingerprint density at radius 2 is 0.779 bits per heavy atom. The van der Waals surface area contributed by atoms with Gasteiger partial charge in [-0.05, 0) is 155 Å². The fourth-order valence-corrected chi connectivity index (χ4v) is 13.8. The van der Waals surface area contributed by atoms with E-state index in [1.54, 1.807) is 0 Å². The summed E-state index contributed by atoms with van der Waals surface area (Å²) in [5.74, 6) is 0. The minimum absolute atomic E-state index is 0.545. The molecule has 1 aromatic heterocycles. The maximum atomic E-state index is 2.55. The SMILES string of the molecule is c1ccc(-c2cccc(N(c3ccc4c(c3)Cc3ccccc3-n3c5ccccc5c5cccc(c53)Cc3ccccc3-4)c3ccc4c(c3)C3(c5ccccc5-c5ccccc53)c3cc(-c5ccccc5)ccc3-4)c2)cc1. The molecule has 0 bridgehead atoms. The van der Waals surface area contributed by atoms with E-state index >= 15 is 0 Å². The number of benzene rings is 12. The Balaban J connectivity index is 0.944. The second-order valence-corrected chi connectivity index (χ2v) is 21.1. The Morgan fingerprint density at radius 3 is 1.55 bits per heavy atom. The number of para-hydroxylation sites is 3. The summed E-state index contributed by atoms with van der Waals surface area (Å²) in [6.07, 6.45) is 1.55. The van der Waals surface area contributed by atoms with E-state index in [4.69, 9.17) is 0 Å². The molecule has 0 radical (unpaired) electrons. The van der Waals surface area contributed by atoms with E-state index in [2.05, 4.69) is 289 Å². The summed E-state index contributed by atoms with van der Waals surface area (Å²) in [4.78, 5) is 2.52. The lowest BCUT2D eigenvalue weighted by molar-refractivity contribution is 0.794. The van der Waals surface area contributed by atoms with E-state index in [9.17, 15) is 0 Å². The van der Waals surface area contributed by atoms with E-state index in [0.717, 1.165) is 29.9 Å². The van der Waals surface area contributed by atoms with Gasteiger partial charge in [-0.2, -0.15) is 0 Å². The van der Waals surface area contributed by atoms with Crippen molar-refractivity contribution < 1.29 is 0 Å². The molecule has 0 amide bonds. The predicted octanol–water partition coefficient (Wildman–Crippen LogP) is 19.1. The van der Waals surface area contributed by atoms with Gasteiger partial charge in [0.25, 0.3) is 0 Å². The van der Waals surface area contributed by atoms with Gasteiger partial charge in [-0.3, -0.25) is 0 Å². The fraction of sp³-hybridized carbons (Fsp3) is 0.0400. The van der Waals surface area contributed by atoms with E-state index < -0.39 is 5.41 Å². The third-order valence-electron chi connectivity index (χ3n) is 17.1. The molecule has 12 aromatic carbocycles. The molecule has 77 heavy (non-hydrogen) atoms. The molecule has 0 fully saturated rings. The van der Waals surface area contributed by atoms with Crippen molar-refractivity contribution in [3.05, 3.63) is 324 Å². The Morgan fingerprint density at radius 1 is 0.286 bits per heavy atom. The van der Waals surface area contributed by atoms with E-state index in [-0.39, 0.29) is 0 Å². The second kappa shape index (κ2) is 17.1. The summed E-state index contributed by atoms with van der Waals surface area (Å²) in [7, 11) is 0. The van der Waals surface area contributed by atoms with Crippen LogP contribution in [0.4, 0.5) is 17.1 Å². The minimum atomic E-state index is -0.545. The lowest BCUT2D eigenvalue weighted by Crippen LogP contribution is -2.26. The van der Waals surface area contributed by atoms with Crippen LogP contribution in [-0.2, 0) is 18.3 Å². The van der Waals surface area contributed by atoms with Gasteiger partial charge >= 0.3 is 0 Å². The minimum Gasteiger partial charge on any atom is -0.310 e. The molecule has 3 aliphatic rings. The van der Waals surface area contributed by atoms with Gasteiger partial charge in [-0.15, -0.1) is 0 Å². The number of rotatable bonds is 5. The van der Waals surface area contributed by atoms with Crippen LogP contribution in [0.1, 0.15) is 44.5 Å². The number of fused-ring (bicyclic) bond motifs is 18. The first-order chi connectivity index (χ1) is 38.2. The van der Waals surface area contributed by atoms with Gasteiger partial charge in [0.1, 0.15) is 0 Å². The zero-order chi connectivity index (χ0) is 50.6. The van der Waals surface area contributed by atoms with Crippen LogP contribution in [0, 0.1) is 0 Å². The molecule has 1 spiro atoms. The molecule has 360 valence electrons. The van der Waals surface area contributed by atoms with Crippen molar-refractivity contribution in [1.82, 2.24) is 4.57 Å². The molecular formula is C75H50N2. The van der Waals surface area contributed by atoms with Crippen LogP contribution < -0.4 is 4.90 Å². The van der Waals surface area contributed by atoms with Crippen molar-refractivity contribution in [2.75, 3.05) is 4.90 Å². The molecule has 0 saturated heterocycles. The summed E-state index contributed by atoms with van der Waals surface area (Å²) < 4.78 is 2.55. The van der Waals surface area contributed by atoms with Crippen LogP contribution in [-0.4, -0.2) is 4.57 Å². The highest BCUT2D eigenvalue weighted by Crippen LogP contribution is 2.64. The average molecular weight is 979 g/mol. The van der Waals surface area contributed by atoms with Gasteiger partial charge in [0.05, 0.1) is 16.4 Å². The number of aromatic nitrogens is 1. The van der Waals surface area contributed by atoms with Crippen LogP contribution in [0.3, 0.4) is 0 Å². The standard InChI is InChI=1S/C75H50N2/c1-3-19-49(20-4-1)51-25-17-27-57(45-51)76(59-39-42-65-64-40-37-52(50-21-5-2-6-22-50)47-70(64)75(71(65)48-59)68-33-13-10-29-62(68)63-30-11-14-34-69(63)75)58-38-41-61-56(46-58)44-54-24-8-15-35-72(54)77-73-36-16-12-31-66(73)67-32-18-26-55(74(67)77)43-53-23-7-9-28-60(53)61/h1-42,45-48H,43-44H2. The predicted molar refractivity (Wildman–Crippen MR) is 320 cm³/mol.